The van der Waals surface area contributed by atoms with Gasteiger partial charge in [-0.1, -0.05) is 13.8 Å². The Balaban J connectivity index is 2.23. The van der Waals surface area contributed by atoms with Crippen LogP contribution in [0.2, 0.25) is 0 Å². The standard InChI is InChI=1S/C9H19N3O/c1-8(2)7-13-11-9-10-5-4-6-12(9)3/h8H,4-7H2,1-3H3,(H,10,11). The third-order valence-corrected chi connectivity index (χ3v) is 1.85. The summed E-state index contributed by atoms with van der Waals surface area (Å²) in [5.41, 5.74) is 2.88. The molecule has 0 aliphatic carbocycles. The Kier molecular flexibility index (Phi) is 4.02. The molecular weight excluding hydrogens is 166 g/mol. The molecule has 1 heterocycles. The van der Waals surface area contributed by atoms with Crippen LogP contribution in [0.15, 0.2) is 4.99 Å². The second-order valence-electron chi connectivity index (χ2n) is 3.79. The van der Waals surface area contributed by atoms with Crippen LogP contribution in [0.5, 0.6) is 0 Å². The van der Waals surface area contributed by atoms with E-state index in [-0.39, 0.29) is 0 Å². The predicted molar refractivity (Wildman–Crippen MR) is 53.5 cm³/mol. The summed E-state index contributed by atoms with van der Waals surface area (Å²) in [5.74, 6) is 1.40. The number of hydroxylamine groups is 1. The number of guanidine groups is 1. The van der Waals surface area contributed by atoms with E-state index in [2.05, 4.69) is 29.2 Å². The minimum absolute atomic E-state index is 0.544. The molecule has 1 N–H and O–H groups in total. The molecule has 76 valence electrons. The van der Waals surface area contributed by atoms with Gasteiger partial charge >= 0.3 is 0 Å². The zero-order chi connectivity index (χ0) is 9.68. The van der Waals surface area contributed by atoms with Gasteiger partial charge in [0.15, 0.2) is 0 Å². The maximum Gasteiger partial charge on any atom is 0.218 e. The highest BCUT2D eigenvalue weighted by atomic mass is 16.6. The summed E-state index contributed by atoms with van der Waals surface area (Å²) in [7, 11) is 2.02. The first-order valence-electron chi connectivity index (χ1n) is 4.83. The van der Waals surface area contributed by atoms with Crippen molar-refractivity contribution in [2.75, 3.05) is 26.7 Å². The van der Waals surface area contributed by atoms with Gasteiger partial charge in [0.25, 0.3) is 0 Å². The third-order valence-electron chi connectivity index (χ3n) is 1.85. The smallest absolute Gasteiger partial charge is 0.218 e. The van der Waals surface area contributed by atoms with Crippen LogP contribution < -0.4 is 5.48 Å². The summed E-state index contributed by atoms with van der Waals surface area (Å²) in [4.78, 5) is 11.7. The predicted octanol–water partition coefficient (Wildman–Crippen LogP) is 0.855. The van der Waals surface area contributed by atoms with Gasteiger partial charge in [-0.25, -0.2) is 5.48 Å². The van der Waals surface area contributed by atoms with Crippen molar-refractivity contribution < 1.29 is 4.84 Å². The molecule has 0 saturated carbocycles. The summed E-state index contributed by atoms with van der Waals surface area (Å²) < 4.78 is 0. The van der Waals surface area contributed by atoms with Gasteiger partial charge in [0.05, 0.1) is 6.61 Å². The minimum Gasteiger partial charge on any atom is -0.344 e. The second kappa shape index (κ2) is 5.07. The van der Waals surface area contributed by atoms with Crippen LogP contribution in [0.1, 0.15) is 20.3 Å². The molecule has 0 spiro atoms. The quantitative estimate of drug-likeness (QED) is 0.662. The van der Waals surface area contributed by atoms with E-state index in [1.165, 1.54) is 0 Å². The van der Waals surface area contributed by atoms with Crippen molar-refractivity contribution in [3.63, 3.8) is 0 Å². The van der Waals surface area contributed by atoms with Crippen LogP contribution in [0.25, 0.3) is 0 Å². The van der Waals surface area contributed by atoms with Gasteiger partial charge in [-0.2, -0.15) is 0 Å². The lowest BCUT2D eigenvalue weighted by atomic mass is 10.2. The minimum atomic E-state index is 0.544. The molecule has 0 radical (unpaired) electrons. The van der Waals surface area contributed by atoms with Gasteiger partial charge in [-0.05, 0) is 12.3 Å². The van der Waals surface area contributed by atoms with Gasteiger partial charge in [-0.3, -0.25) is 9.83 Å². The van der Waals surface area contributed by atoms with Crippen LogP contribution >= 0.6 is 0 Å². The largest absolute Gasteiger partial charge is 0.344 e. The molecule has 0 aromatic heterocycles. The zero-order valence-corrected chi connectivity index (χ0v) is 8.71. The van der Waals surface area contributed by atoms with E-state index >= 15 is 0 Å². The Bertz CT molecular complexity index is 180. The molecule has 0 atom stereocenters. The van der Waals surface area contributed by atoms with Crippen molar-refractivity contribution in [1.82, 2.24) is 10.4 Å². The van der Waals surface area contributed by atoms with Crippen molar-refractivity contribution in [2.45, 2.75) is 20.3 Å². The number of nitrogens with one attached hydrogen (secondary N) is 1. The first kappa shape index (κ1) is 10.3. The van der Waals surface area contributed by atoms with Gasteiger partial charge in [0.2, 0.25) is 5.96 Å². The molecule has 0 unspecified atom stereocenters. The van der Waals surface area contributed by atoms with Crippen LogP contribution in [0, 0.1) is 5.92 Å². The van der Waals surface area contributed by atoms with E-state index < -0.39 is 0 Å². The van der Waals surface area contributed by atoms with Crippen LogP contribution in [0.3, 0.4) is 0 Å². The molecule has 1 aliphatic rings. The maximum atomic E-state index is 5.28. The van der Waals surface area contributed by atoms with Gasteiger partial charge < -0.3 is 4.90 Å². The Hall–Kier alpha value is -0.770. The molecule has 0 aromatic rings. The topological polar surface area (TPSA) is 36.9 Å². The highest BCUT2D eigenvalue weighted by Crippen LogP contribution is 1.98. The van der Waals surface area contributed by atoms with E-state index in [0.29, 0.717) is 12.5 Å². The van der Waals surface area contributed by atoms with Crippen molar-refractivity contribution in [3.05, 3.63) is 0 Å². The van der Waals surface area contributed by atoms with Gasteiger partial charge in [-0.15, -0.1) is 0 Å². The maximum absolute atomic E-state index is 5.28. The lowest BCUT2D eigenvalue weighted by Gasteiger charge is -2.25. The molecule has 4 heteroatoms. The fourth-order valence-electron chi connectivity index (χ4n) is 1.10. The molecule has 13 heavy (non-hydrogen) atoms. The molecule has 0 amide bonds. The Morgan fingerprint density at radius 2 is 2.38 bits per heavy atom. The van der Waals surface area contributed by atoms with E-state index in [4.69, 9.17) is 4.84 Å². The summed E-state index contributed by atoms with van der Waals surface area (Å²) in [5, 5.41) is 0. The van der Waals surface area contributed by atoms with Crippen LogP contribution in [-0.4, -0.2) is 37.6 Å². The first-order valence-corrected chi connectivity index (χ1v) is 4.83. The molecule has 0 fully saturated rings. The molecule has 0 saturated heterocycles. The van der Waals surface area contributed by atoms with Crippen molar-refractivity contribution in [2.24, 2.45) is 10.9 Å². The average molecular weight is 185 g/mol. The molecule has 1 rings (SSSR count). The van der Waals surface area contributed by atoms with Gasteiger partial charge in [0, 0.05) is 20.1 Å². The fraction of sp³-hybridized carbons (Fsp3) is 0.889. The lowest BCUT2D eigenvalue weighted by Crippen LogP contribution is -2.42. The Morgan fingerprint density at radius 1 is 1.62 bits per heavy atom. The Morgan fingerprint density at radius 3 is 3.00 bits per heavy atom. The van der Waals surface area contributed by atoms with E-state index in [1.807, 2.05) is 7.05 Å². The van der Waals surface area contributed by atoms with Gasteiger partial charge in [0.1, 0.15) is 0 Å². The average Bonchev–Trinajstić information content (AvgIpc) is 2.08. The number of hydrogen-bond donors (Lipinski definition) is 1. The van der Waals surface area contributed by atoms with E-state index in [0.717, 1.165) is 25.5 Å². The summed E-state index contributed by atoms with van der Waals surface area (Å²) in [6.45, 7) is 6.91. The second-order valence-corrected chi connectivity index (χ2v) is 3.79. The van der Waals surface area contributed by atoms with Crippen LogP contribution in [0.4, 0.5) is 0 Å². The summed E-state index contributed by atoms with van der Waals surface area (Å²) in [6, 6.07) is 0. The first-order chi connectivity index (χ1) is 6.20. The number of hydrogen-bond acceptors (Lipinski definition) is 4. The number of rotatable bonds is 3. The van der Waals surface area contributed by atoms with E-state index in [1.54, 1.807) is 0 Å². The zero-order valence-electron chi connectivity index (χ0n) is 8.71. The molecular formula is C9H19N3O. The Labute approximate surface area is 79.9 Å². The highest BCUT2D eigenvalue weighted by molar-refractivity contribution is 5.79. The van der Waals surface area contributed by atoms with Crippen molar-refractivity contribution >= 4 is 5.96 Å². The SMILES string of the molecule is CC(C)CONC1=NCCCN1C. The molecule has 4 nitrogen and oxygen atoms in total. The summed E-state index contributed by atoms with van der Waals surface area (Å²) in [6.07, 6.45) is 1.13. The number of aliphatic imine (C=N–C) groups is 1. The molecule has 0 bridgehead atoms. The highest BCUT2D eigenvalue weighted by Gasteiger charge is 2.10. The summed E-state index contributed by atoms with van der Waals surface area (Å²) >= 11 is 0. The third kappa shape index (κ3) is 3.63. The van der Waals surface area contributed by atoms with E-state index in [9.17, 15) is 0 Å². The molecule has 1 aliphatic heterocycles. The molecule has 0 aromatic carbocycles. The van der Waals surface area contributed by atoms with Crippen LogP contribution in [-0.2, 0) is 4.84 Å². The van der Waals surface area contributed by atoms with Crippen molar-refractivity contribution in [3.8, 4) is 0 Å². The van der Waals surface area contributed by atoms with Crippen molar-refractivity contribution in [1.29, 1.82) is 0 Å². The monoisotopic (exact) mass is 185 g/mol. The lowest BCUT2D eigenvalue weighted by molar-refractivity contribution is 0.0558. The normalized spacial score (nSPS) is 17.5. The number of nitrogens with zero attached hydrogens (tertiary/aromatic N) is 2. The fourth-order valence-corrected chi connectivity index (χ4v) is 1.10.